The van der Waals surface area contributed by atoms with Gasteiger partial charge in [0.1, 0.15) is 10.9 Å². The Hall–Kier alpha value is -1.93. The summed E-state index contributed by atoms with van der Waals surface area (Å²) in [5.74, 6) is 0. The minimum atomic E-state index is 0.617. The summed E-state index contributed by atoms with van der Waals surface area (Å²) in [7, 11) is 1.91. The summed E-state index contributed by atoms with van der Waals surface area (Å²) in [6, 6.07) is 5.86. The van der Waals surface area contributed by atoms with Crippen molar-refractivity contribution < 1.29 is 0 Å². The fourth-order valence-electron chi connectivity index (χ4n) is 1.15. The van der Waals surface area contributed by atoms with Gasteiger partial charge in [-0.1, -0.05) is 11.3 Å². The van der Waals surface area contributed by atoms with Crippen LogP contribution in [-0.2, 0) is 0 Å². The average molecular weight is 216 g/mol. The molecule has 2 aromatic heterocycles. The Labute approximate surface area is 91.5 Å². The number of aromatic nitrogens is 2. The number of nitrogens with zero attached hydrogens (tertiary/aromatic N) is 4. The molecule has 15 heavy (non-hydrogen) atoms. The number of rotatable bonds is 2. The first-order valence-corrected chi connectivity index (χ1v) is 5.12. The topological polar surface area (TPSA) is 52.8 Å². The van der Waals surface area contributed by atoms with Gasteiger partial charge in [0.2, 0.25) is 0 Å². The molecule has 74 valence electrons. The molecule has 0 spiro atoms. The molecular formula is C10H8N4S. The number of nitriles is 1. The second-order valence-corrected chi connectivity index (χ2v) is 3.89. The summed E-state index contributed by atoms with van der Waals surface area (Å²) < 4.78 is 0. The fraction of sp³-hybridized carbons (Fsp3) is 0.100. The van der Waals surface area contributed by atoms with Crippen LogP contribution >= 0.6 is 11.3 Å². The van der Waals surface area contributed by atoms with E-state index in [1.165, 1.54) is 11.3 Å². The van der Waals surface area contributed by atoms with Crippen LogP contribution in [0, 0.1) is 11.3 Å². The molecule has 2 aromatic rings. The number of hydrogen-bond donors (Lipinski definition) is 0. The summed E-state index contributed by atoms with van der Waals surface area (Å²) in [4.78, 5) is 10.7. The Morgan fingerprint density at radius 3 is 2.73 bits per heavy atom. The molecule has 0 aliphatic rings. The van der Waals surface area contributed by atoms with E-state index in [9.17, 15) is 0 Å². The van der Waals surface area contributed by atoms with Crippen molar-refractivity contribution in [2.45, 2.75) is 0 Å². The molecule has 0 amide bonds. The molecule has 2 rings (SSSR count). The van der Waals surface area contributed by atoms with E-state index in [4.69, 9.17) is 5.26 Å². The van der Waals surface area contributed by atoms with E-state index in [2.05, 4.69) is 16.0 Å². The van der Waals surface area contributed by atoms with Crippen molar-refractivity contribution in [3.8, 4) is 6.07 Å². The zero-order valence-electron chi connectivity index (χ0n) is 8.08. The third-order valence-corrected chi connectivity index (χ3v) is 2.92. The minimum absolute atomic E-state index is 0.617. The molecule has 0 radical (unpaired) electrons. The maximum absolute atomic E-state index is 8.70. The van der Waals surface area contributed by atoms with Crippen LogP contribution in [0.15, 0.2) is 30.7 Å². The lowest BCUT2D eigenvalue weighted by atomic mass is 10.4. The minimum Gasteiger partial charge on any atom is -0.321 e. The lowest BCUT2D eigenvalue weighted by Gasteiger charge is -2.14. The Kier molecular flexibility index (Phi) is 2.61. The van der Waals surface area contributed by atoms with E-state index < -0.39 is 0 Å². The van der Waals surface area contributed by atoms with Gasteiger partial charge < -0.3 is 4.90 Å². The molecule has 4 nitrogen and oxygen atoms in total. The van der Waals surface area contributed by atoms with Crippen LogP contribution in [0.5, 0.6) is 0 Å². The number of anilines is 2. The zero-order chi connectivity index (χ0) is 10.7. The van der Waals surface area contributed by atoms with Gasteiger partial charge in [-0.2, -0.15) is 5.26 Å². The van der Waals surface area contributed by atoms with Crippen LogP contribution in [-0.4, -0.2) is 17.0 Å². The van der Waals surface area contributed by atoms with Crippen LogP contribution in [0.4, 0.5) is 10.8 Å². The fourth-order valence-corrected chi connectivity index (χ4v) is 1.85. The van der Waals surface area contributed by atoms with Crippen LogP contribution < -0.4 is 4.90 Å². The van der Waals surface area contributed by atoms with Crippen molar-refractivity contribution in [3.05, 3.63) is 35.6 Å². The first-order valence-electron chi connectivity index (χ1n) is 4.31. The van der Waals surface area contributed by atoms with Gasteiger partial charge in [-0.05, 0) is 12.1 Å². The second-order valence-electron chi connectivity index (χ2n) is 2.88. The zero-order valence-corrected chi connectivity index (χ0v) is 8.90. The van der Waals surface area contributed by atoms with E-state index >= 15 is 0 Å². The molecule has 2 heterocycles. The Balaban J connectivity index is 2.29. The van der Waals surface area contributed by atoms with E-state index in [0.717, 1.165) is 10.8 Å². The van der Waals surface area contributed by atoms with Crippen molar-refractivity contribution in [2.75, 3.05) is 11.9 Å². The van der Waals surface area contributed by atoms with Gasteiger partial charge in [-0.15, -0.1) is 0 Å². The van der Waals surface area contributed by atoms with Gasteiger partial charge in [0.15, 0.2) is 5.13 Å². The molecule has 0 aliphatic heterocycles. The highest BCUT2D eigenvalue weighted by Gasteiger charge is 2.07. The van der Waals surface area contributed by atoms with E-state index in [-0.39, 0.29) is 0 Å². The third-order valence-electron chi connectivity index (χ3n) is 1.94. The summed E-state index contributed by atoms with van der Waals surface area (Å²) in [6.07, 6.45) is 5.03. The normalized spacial score (nSPS) is 9.60. The molecule has 5 heteroatoms. The standard InChI is InChI=1S/C10H8N4S/c1-14(8-2-4-12-5-3-8)10-13-7-9(6-11)15-10/h2-5,7H,1H3. The van der Waals surface area contributed by atoms with E-state index in [1.807, 2.05) is 24.1 Å². The summed E-state index contributed by atoms with van der Waals surface area (Å²) in [5.41, 5.74) is 1.00. The third kappa shape index (κ3) is 1.95. The van der Waals surface area contributed by atoms with Crippen LogP contribution in [0.1, 0.15) is 4.88 Å². The Bertz CT molecular complexity index is 486. The highest BCUT2D eigenvalue weighted by Crippen LogP contribution is 2.26. The smallest absolute Gasteiger partial charge is 0.190 e. The van der Waals surface area contributed by atoms with E-state index in [1.54, 1.807) is 18.6 Å². The lowest BCUT2D eigenvalue weighted by molar-refractivity contribution is 1.16. The lowest BCUT2D eigenvalue weighted by Crippen LogP contribution is -2.08. The number of pyridine rings is 1. The van der Waals surface area contributed by atoms with Gasteiger partial charge in [0.05, 0.1) is 6.20 Å². The van der Waals surface area contributed by atoms with Crippen molar-refractivity contribution in [3.63, 3.8) is 0 Å². The van der Waals surface area contributed by atoms with Crippen molar-refractivity contribution in [2.24, 2.45) is 0 Å². The molecule has 0 unspecified atom stereocenters. The summed E-state index contributed by atoms with van der Waals surface area (Å²) >= 11 is 1.37. The number of thiazole rings is 1. The molecule has 0 fully saturated rings. The summed E-state index contributed by atoms with van der Waals surface area (Å²) in [6.45, 7) is 0. The van der Waals surface area contributed by atoms with Gasteiger partial charge in [-0.3, -0.25) is 4.98 Å². The van der Waals surface area contributed by atoms with Crippen molar-refractivity contribution in [1.82, 2.24) is 9.97 Å². The highest BCUT2D eigenvalue weighted by molar-refractivity contribution is 7.16. The highest BCUT2D eigenvalue weighted by atomic mass is 32.1. The van der Waals surface area contributed by atoms with Crippen molar-refractivity contribution >= 4 is 22.2 Å². The second kappa shape index (κ2) is 4.07. The Morgan fingerprint density at radius 1 is 1.40 bits per heavy atom. The first-order chi connectivity index (χ1) is 7.31. The van der Waals surface area contributed by atoms with Gasteiger partial charge in [0, 0.05) is 25.1 Å². The van der Waals surface area contributed by atoms with Crippen molar-refractivity contribution in [1.29, 1.82) is 5.26 Å². The van der Waals surface area contributed by atoms with Crippen LogP contribution in [0.25, 0.3) is 0 Å². The molecule has 0 aliphatic carbocycles. The quantitative estimate of drug-likeness (QED) is 0.772. The van der Waals surface area contributed by atoms with Crippen LogP contribution in [0.3, 0.4) is 0 Å². The monoisotopic (exact) mass is 216 g/mol. The molecule has 0 atom stereocenters. The molecular weight excluding hydrogens is 208 g/mol. The predicted molar refractivity (Wildman–Crippen MR) is 59.1 cm³/mol. The van der Waals surface area contributed by atoms with Gasteiger partial charge in [-0.25, -0.2) is 4.98 Å². The summed E-state index contributed by atoms with van der Waals surface area (Å²) in [5, 5.41) is 9.50. The first kappa shape index (κ1) is 9.62. The SMILES string of the molecule is CN(c1ccncc1)c1ncc(C#N)s1. The molecule has 0 bridgehead atoms. The molecule has 0 aromatic carbocycles. The van der Waals surface area contributed by atoms with Crippen LogP contribution in [0.2, 0.25) is 0 Å². The van der Waals surface area contributed by atoms with Gasteiger partial charge in [0.25, 0.3) is 0 Å². The predicted octanol–water partition coefficient (Wildman–Crippen LogP) is 2.18. The molecule has 0 saturated heterocycles. The maximum Gasteiger partial charge on any atom is 0.190 e. The Morgan fingerprint density at radius 2 is 2.13 bits per heavy atom. The largest absolute Gasteiger partial charge is 0.321 e. The molecule has 0 saturated carbocycles. The molecule has 0 N–H and O–H groups in total. The maximum atomic E-state index is 8.70. The number of hydrogen-bond acceptors (Lipinski definition) is 5. The van der Waals surface area contributed by atoms with Gasteiger partial charge >= 0.3 is 0 Å². The van der Waals surface area contributed by atoms with E-state index in [0.29, 0.717) is 4.88 Å². The average Bonchev–Trinajstić information content (AvgIpc) is 2.78.